The SMILES string of the molecule is O=NNc1nc[nH]c1N[O-]. The van der Waals surface area contributed by atoms with Crippen molar-refractivity contribution in [2.45, 2.75) is 0 Å². The second-order valence-corrected chi connectivity index (χ2v) is 1.43. The first kappa shape index (κ1) is 6.49. The van der Waals surface area contributed by atoms with Gasteiger partial charge in [-0.05, 0) is 0 Å². The monoisotopic (exact) mass is 142 g/mol. The normalized spacial score (nSPS) is 8.90. The van der Waals surface area contributed by atoms with E-state index in [-0.39, 0.29) is 11.6 Å². The number of aromatic nitrogens is 2. The maximum Gasteiger partial charge on any atom is 0.190 e. The van der Waals surface area contributed by atoms with Crippen molar-refractivity contribution in [2.75, 3.05) is 10.9 Å². The molecule has 54 valence electrons. The first-order valence-corrected chi connectivity index (χ1v) is 2.38. The number of rotatable bonds is 3. The number of hydrogen-bond acceptors (Lipinski definition) is 5. The molecule has 1 aromatic heterocycles. The lowest BCUT2D eigenvalue weighted by Crippen LogP contribution is -1.92. The van der Waals surface area contributed by atoms with Gasteiger partial charge in [0.15, 0.2) is 5.82 Å². The first-order valence-electron chi connectivity index (χ1n) is 2.38. The Bertz CT molecular complexity index is 220. The van der Waals surface area contributed by atoms with Gasteiger partial charge in [-0.25, -0.2) is 10.4 Å². The van der Waals surface area contributed by atoms with Crippen LogP contribution in [0.2, 0.25) is 0 Å². The summed E-state index contributed by atoms with van der Waals surface area (Å²) in [7, 11) is 0. The van der Waals surface area contributed by atoms with E-state index in [1.54, 1.807) is 0 Å². The summed E-state index contributed by atoms with van der Waals surface area (Å²) < 4.78 is 0. The van der Waals surface area contributed by atoms with Gasteiger partial charge in [0.25, 0.3) is 0 Å². The highest BCUT2D eigenvalue weighted by Gasteiger charge is 1.98. The van der Waals surface area contributed by atoms with Crippen molar-refractivity contribution in [1.82, 2.24) is 9.97 Å². The highest BCUT2D eigenvalue weighted by Crippen LogP contribution is 2.13. The molecule has 0 saturated carbocycles. The van der Waals surface area contributed by atoms with Crippen LogP contribution in [0.3, 0.4) is 0 Å². The Morgan fingerprint density at radius 1 is 1.80 bits per heavy atom. The maximum atomic E-state index is 9.98. The van der Waals surface area contributed by atoms with Gasteiger partial charge in [0, 0.05) is 0 Å². The number of imidazole rings is 1. The largest absolute Gasteiger partial charge is 0.760 e. The molecule has 0 radical (unpaired) electrons. The summed E-state index contributed by atoms with van der Waals surface area (Å²) in [5.74, 6) is 0.171. The van der Waals surface area contributed by atoms with Crippen LogP contribution in [0.25, 0.3) is 0 Å². The zero-order valence-corrected chi connectivity index (χ0v) is 4.79. The molecule has 0 unspecified atom stereocenters. The number of nitrogens with zero attached hydrogens (tertiary/aromatic N) is 2. The smallest absolute Gasteiger partial charge is 0.190 e. The van der Waals surface area contributed by atoms with E-state index in [9.17, 15) is 10.1 Å². The Morgan fingerprint density at radius 3 is 3.20 bits per heavy atom. The van der Waals surface area contributed by atoms with Crippen LogP contribution in [0.15, 0.2) is 11.6 Å². The molecule has 0 spiro atoms. The zero-order valence-electron chi connectivity index (χ0n) is 4.79. The number of nitroso groups, excluding NO2 is 1. The Labute approximate surface area is 55.4 Å². The van der Waals surface area contributed by atoms with Crippen LogP contribution in [0.5, 0.6) is 0 Å². The molecular weight excluding hydrogens is 138 g/mol. The summed E-state index contributed by atoms with van der Waals surface area (Å²) in [4.78, 5) is 15.6. The molecule has 1 aromatic rings. The summed E-state index contributed by atoms with van der Waals surface area (Å²) in [5.41, 5.74) is 3.50. The quantitative estimate of drug-likeness (QED) is 0.418. The van der Waals surface area contributed by atoms with E-state index in [1.807, 2.05) is 5.43 Å². The van der Waals surface area contributed by atoms with Gasteiger partial charge < -0.3 is 15.7 Å². The third-order valence-electron chi connectivity index (χ3n) is 0.893. The van der Waals surface area contributed by atoms with E-state index in [4.69, 9.17) is 0 Å². The zero-order chi connectivity index (χ0) is 7.40. The van der Waals surface area contributed by atoms with Gasteiger partial charge in [0.2, 0.25) is 0 Å². The maximum absolute atomic E-state index is 9.98. The molecule has 1 rings (SSSR count). The van der Waals surface area contributed by atoms with E-state index in [2.05, 4.69) is 15.3 Å². The minimum absolute atomic E-state index is 0.0830. The molecule has 0 aliphatic heterocycles. The van der Waals surface area contributed by atoms with Gasteiger partial charge in [0.05, 0.1) is 11.6 Å². The van der Waals surface area contributed by atoms with Crippen LogP contribution >= 0.6 is 0 Å². The molecule has 1 heterocycles. The molecule has 0 amide bonds. The van der Waals surface area contributed by atoms with E-state index >= 15 is 0 Å². The summed E-state index contributed by atoms with van der Waals surface area (Å²) >= 11 is 0. The molecule has 7 heteroatoms. The number of H-pyrrole nitrogens is 1. The van der Waals surface area contributed by atoms with E-state index < -0.39 is 0 Å². The molecule has 0 fully saturated rings. The summed E-state index contributed by atoms with van der Waals surface area (Å²) in [6.07, 6.45) is 1.26. The molecule has 0 saturated heterocycles. The van der Waals surface area contributed by atoms with Gasteiger partial charge in [0.1, 0.15) is 5.82 Å². The van der Waals surface area contributed by atoms with Crippen LogP contribution in [-0.2, 0) is 0 Å². The number of anilines is 2. The molecule has 0 atom stereocenters. The van der Waals surface area contributed by atoms with Crippen molar-refractivity contribution >= 4 is 11.6 Å². The van der Waals surface area contributed by atoms with Crippen molar-refractivity contribution in [3.05, 3.63) is 16.4 Å². The highest BCUT2D eigenvalue weighted by atomic mass is 16.5. The minimum atomic E-state index is 0.0830. The molecular formula is C3H4N5O2-. The fraction of sp³-hybridized carbons (Fsp3) is 0. The fourth-order valence-corrected chi connectivity index (χ4v) is 0.500. The Hall–Kier alpha value is -1.63. The lowest BCUT2D eigenvalue weighted by atomic mass is 10.7. The Balaban J connectivity index is 2.79. The lowest BCUT2D eigenvalue weighted by Gasteiger charge is -2.05. The minimum Gasteiger partial charge on any atom is -0.760 e. The van der Waals surface area contributed by atoms with Crippen LogP contribution in [0.1, 0.15) is 0 Å². The molecule has 0 aliphatic rings. The molecule has 0 aromatic carbocycles. The van der Waals surface area contributed by atoms with Gasteiger partial charge in [-0.2, -0.15) is 0 Å². The van der Waals surface area contributed by atoms with Crippen molar-refractivity contribution < 1.29 is 0 Å². The van der Waals surface area contributed by atoms with Crippen LogP contribution in [0.4, 0.5) is 11.6 Å². The fourth-order valence-electron chi connectivity index (χ4n) is 0.500. The van der Waals surface area contributed by atoms with Crippen molar-refractivity contribution in [2.24, 2.45) is 5.29 Å². The third kappa shape index (κ3) is 1.03. The Kier molecular flexibility index (Phi) is 1.80. The van der Waals surface area contributed by atoms with Crippen LogP contribution in [0, 0.1) is 10.1 Å². The summed E-state index contributed by atoms with van der Waals surface area (Å²) in [6, 6.07) is 0. The molecule has 0 bridgehead atoms. The average Bonchev–Trinajstić information content (AvgIpc) is 2.36. The van der Waals surface area contributed by atoms with Crippen LogP contribution in [-0.4, -0.2) is 9.97 Å². The van der Waals surface area contributed by atoms with E-state index in [1.165, 1.54) is 11.8 Å². The third-order valence-corrected chi connectivity index (χ3v) is 0.893. The number of nitrogens with one attached hydrogen (secondary N) is 3. The molecule has 10 heavy (non-hydrogen) atoms. The predicted molar refractivity (Wildman–Crippen MR) is 35.0 cm³/mol. The Morgan fingerprint density at radius 2 is 2.60 bits per heavy atom. The first-order chi connectivity index (χ1) is 4.88. The number of hydrogen-bond donors (Lipinski definition) is 3. The second-order valence-electron chi connectivity index (χ2n) is 1.43. The van der Waals surface area contributed by atoms with E-state index in [0.29, 0.717) is 0 Å². The van der Waals surface area contributed by atoms with Crippen molar-refractivity contribution in [1.29, 1.82) is 0 Å². The van der Waals surface area contributed by atoms with Gasteiger partial charge in [-0.15, -0.1) is 4.91 Å². The number of aromatic amines is 1. The molecule has 0 aliphatic carbocycles. The van der Waals surface area contributed by atoms with Crippen LogP contribution < -0.4 is 10.9 Å². The lowest BCUT2D eigenvalue weighted by molar-refractivity contribution is 1.24. The average molecular weight is 142 g/mol. The van der Waals surface area contributed by atoms with Crippen molar-refractivity contribution in [3.8, 4) is 0 Å². The summed E-state index contributed by atoms with van der Waals surface area (Å²) in [5, 5.41) is 12.3. The van der Waals surface area contributed by atoms with Gasteiger partial charge in [-0.3, -0.25) is 0 Å². The van der Waals surface area contributed by atoms with E-state index in [0.717, 1.165) is 0 Å². The predicted octanol–water partition coefficient (Wildman–Crippen LogP) is 0.413. The molecule has 7 nitrogen and oxygen atoms in total. The van der Waals surface area contributed by atoms with Crippen molar-refractivity contribution in [3.63, 3.8) is 0 Å². The summed E-state index contributed by atoms with van der Waals surface area (Å²) in [6.45, 7) is 0. The topological polar surface area (TPSA) is 105 Å². The second kappa shape index (κ2) is 2.78. The van der Waals surface area contributed by atoms with Gasteiger partial charge in [-0.1, -0.05) is 0 Å². The molecule has 3 N–H and O–H groups in total. The standard InChI is InChI=1S/C3H4N5O2/c9-7-3-2(6-8-10)4-1-5-3/h1,7H,(H,4,5)(H,6,10)/q-1. The highest BCUT2D eigenvalue weighted by molar-refractivity contribution is 5.58. The van der Waals surface area contributed by atoms with Gasteiger partial charge >= 0.3 is 0 Å².